The van der Waals surface area contributed by atoms with Crippen molar-refractivity contribution in [3.63, 3.8) is 0 Å². The molecule has 0 N–H and O–H groups in total. The highest BCUT2D eigenvalue weighted by atomic mass is 16.3. The monoisotopic (exact) mass is 334 g/mol. The molecule has 3 fully saturated rings. The molecule has 1 unspecified atom stereocenters. The van der Waals surface area contributed by atoms with E-state index >= 15 is 0 Å². The Labute approximate surface area is 149 Å². The van der Waals surface area contributed by atoms with Crippen molar-refractivity contribution >= 4 is 27.6 Å². The van der Waals surface area contributed by atoms with Crippen molar-refractivity contribution in [1.29, 1.82) is 0 Å². The summed E-state index contributed by atoms with van der Waals surface area (Å²) in [6, 6.07) is 14.4. The molecule has 1 atom stereocenters. The summed E-state index contributed by atoms with van der Waals surface area (Å²) in [6.45, 7) is 4.60. The summed E-state index contributed by atoms with van der Waals surface area (Å²) in [5, 5.41) is 2.46. The van der Waals surface area contributed by atoms with Gasteiger partial charge in [-0.15, -0.1) is 0 Å². The van der Waals surface area contributed by atoms with Crippen LogP contribution in [-0.2, 0) is 0 Å². The SMILES string of the molecule is Cc1cc2oc3ccccc3c2cc1N1C2CCC(CC2)N(C)C1C. The van der Waals surface area contributed by atoms with Gasteiger partial charge in [-0.3, -0.25) is 4.90 Å². The molecule has 2 aromatic carbocycles. The van der Waals surface area contributed by atoms with Crippen LogP contribution in [0.1, 0.15) is 38.2 Å². The van der Waals surface area contributed by atoms with E-state index in [1.165, 1.54) is 47.7 Å². The lowest BCUT2D eigenvalue weighted by molar-refractivity contribution is 0.184. The van der Waals surface area contributed by atoms with Crippen LogP contribution in [0, 0.1) is 6.92 Å². The van der Waals surface area contributed by atoms with Gasteiger partial charge in [0.05, 0.1) is 6.17 Å². The standard InChI is InChI=1S/C22H26N2O/c1-14-12-22-19(18-6-4-5-7-21(18)25-22)13-20(14)24-15(2)23(3)16-8-10-17(24)11-9-16/h4-7,12-13,15-17H,8-11H2,1-3H3. The lowest BCUT2D eigenvalue weighted by Crippen LogP contribution is -2.47. The topological polar surface area (TPSA) is 19.6 Å². The summed E-state index contributed by atoms with van der Waals surface area (Å²) in [5.74, 6) is 0. The number of anilines is 1. The molecule has 0 radical (unpaired) electrons. The Morgan fingerprint density at radius 2 is 1.64 bits per heavy atom. The summed E-state index contributed by atoms with van der Waals surface area (Å²) in [4.78, 5) is 5.27. The minimum atomic E-state index is 0.439. The summed E-state index contributed by atoms with van der Waals surface area (Å²) in [7, 11) is 2.30. The smallest absolute Gasteiger partial charge is 0.135 e. The normalized spacial score (nSPS) is 27.3. The Morgan fingerprint density at radius 1 is 0.920 bits per heavy atom. The highest BCUT2D eigenvalue weighted by Crippen LogP contribution is 2.40. The van der Waals surface area contributed by atoms with Crippen molar-refractivity contribution in [2.75, 3.05) is 11.9 Å². The van der Waals surface area contributed by atoms with Crippen molar-refractivity contribution in [1.82, 2.24) is 4.90 Å². The zero-order chi connectivity index (χ0) is 17.1. The number of nitrogens with zero attached hydrogens (tertiary/aromatic N) is 2. The second-order valence-corrected chi connectivity index (χ2v) is 7.90. The molecule has 0 amide bonds. The predicted octanol–water partition coefficient (Wildman–Crippen LogP) is 5.30. The largest absolute Gasteiger partial charge is 0.456 e. The number of aryl methyl sites for hydroxylation is 1. The zero-order valence-electron chi connectivity index (χ0n) is 15.3. The third kappa shape index (κ3) is 2.22. The van der Waals surface area contributed by atoms with E-state index in [1.54, 1.807) is 0 Å². The minimum absolute atomic E-state index is 0.439. The van der Waals surface area contributed by atoms with Gasteiger partial charge in [0, 0.05) is 28.5 Å². The number of rotatable bonds is 1. The van der Waals surface area contributed by atoms with E-state index in [-0.39, 0.29) is 0 Å². The van der Waals surface area contributed by atoms with Gasteiger partial charge in [-0.2, -0.15) is 0 Å². The summed E-state index contributed by atoms with van der Waals surface area (Å²) < 4.78 is 6.08. The van der Waals surface area contributed by atoms with Gasteiger partial charge in [-0.1, -0.05) is 18.2 Å². The number of fused-ring (bicyclic) bond motifs is 7. The molecule has 3 nitrogen and oxygen atoms in total. The van der Waals surface area contributed by atoms with Gasteiger partial charge in [0.2, 0.25) is 0 Å². The maximum Gasteiger partial charge on any atom is 0.135 e. The van der Waals surface area contributed by atoms with Crippen molar-refractivity contribution in [2.45, 2.75) is 57.8 Å². The molecule has 3 aliphatic rings. The molecule has 0 spiro atoms. The Balaban J connectivity index is 1.71. The van der Waals surface area contributed by atoms with Crippen LogP contribution in [0.15, 0.2) is 40.8 Å². The second-order valence-electron chi connectivity index (χ2n) is 7.90. The molecular formula is C22H26N2O. The lowest BCUT2D eigenvalue weighted by atomic mass is 9.91. The number of hydrogen-bond acceptors (Lipinski definition) is 3. The van der Waals surface area contributed by atoms with Gasteiger partial charge >= 0.3 is 0 Å². The fourth-order valence-electron chi connectivity index (χ4n) is 5.09. The molecule has 1 aromatic heterocycles. The number of furan rings is 1. The van der Waals surface area contributed by atoms with E-state index in [1.807, 2.05) is 6.07 Å². The van der Waals surface area contributed by atoms with E-state index in [2.05, 4.69) is 61.0 Å². The van der Waals surface area contributed by atoms with E-state index in [4.69, 9.17) is 4.42 Å². The van der Waals surface area contributed by atoms with E-state index in [0.29, 0.717) is 12.2 Å². The van der Waals surface area contributed by atoms with Gasteiger partial charge in [0.25, 0.3) is 0 Å². The Bertz CT molecular complexity index is 936. The van der Waals surface area contributed by atoms with Crippen LogP contribution in [0.25, 0.3) is 21.9 Å². The number of benzene rings is 2. The van der Waals surface area contributed by atoms with Gasteiger partial charge in [0.1, 0.15) is 11.2 Å². The van der Waals surface area contributed by atoms with Crippen LogP contribution < -0.4 is 4.90 Å². The quantitative estimate of drug-likeness (QED) is 0.602. The summed E-state index contributed by atoms with van der Waals surface area (Å²) in [5.41, 5.74) is 4.68. The van der Waals surface area contributed by atoms with Crippen LogP contribution in [-0.4, -0.2) is 30.2 Å². The molecule has 6 rings (SSSR count). The van der Waals surface area contributed by atoms with Crippen LogP contribution >= 0.6 is 0 Å². The first kappa shape index (κ1) is 15.3. The van der Waals surface area contributed by atoms with E-state index < -0.39 is 0 Å². The minimum Gasteiger partial charge on any atom is -0.456 e. The van der Waals surface area contributed by atoms with Gasteiger partial charge in [0.15, 0.2) is 0 Å². The molecule has 3 heterocycles. The van der Waals surface area contributed by atoms with Gasteiger partial charge < -0.3 is 9.32 Å². The summed E-state index contributed by atoms with van der Waals surface area (Å²) in [6.07, 6.45) is 5.72. The molecule has 1 saturated carbocycles. The first-order chi connectivity index (χ1) is 12.1. The van der Waals surface area contributed by atoms with Gasteiger partial charge in [-0.05, 0) is 70.3 Å². The first-order valence-corrected chi connectivity index (χ1v) is 9.55. The predicted molar refractivity (Wildman–Crippen MR) is 104 cm³/mol. The number of hydrogen-bond donors (Lipinski definition) is 0. The van der Waals surface area contributed by atoms with Crippen LogP contribution in [0.2, 0.25) is 0 Å². The zero-order valence-corrected chi connectivity index (χ0v) is 15.3. The fourth-order valence-corrected chi connectivity index (χ4v) is 5.09. The van der Waals surface area contributed by atoms with Crippen molar-refractivity contribution in [3.05, 3.63) is 42.0 Å². The average Bonchev–Trinajstić information content (AvgIpc) is 2.88. The fraction of sp³-hybridized carbons (Fsp3) is 0.455. The summed E-state index contributed by atoms with van der Waals surface area (Å²) >= 11 is 0. The van der Waals surface area contributed by atoms with E-state index in [9.17, 15) is 0 Å². The third-order valence-corrected chi connectivity index (χ3v) is 6.60. The van der Waals surface area contributed by atoms with Crippen LogP contribution in [0.3, 0.4) is 0 Å². The molecule has 2 bridgehead atoms. The maximum absolute atomic E-state index is 6.08. The van der Waals surface area contributed by atoms with Crippen molar-refractivity contribution < 1.29 is 4.42 Å². The second kappa shape index (κ2) is 5.50. The molecule has 25 heavy (non-hydrogen) atoms. The van der Waals surface area contributed by atoms with Crippen molar-refractivity contribution in [2.24, 2.45) is 0 Å². The molecule has 2 aliphatic heterocycles. The highest BCUT2D eigenvalue weighted by Gasteiger charge is 2.38. The maximum atomic E-state index is 6.08. The van der Waals surface area contributed by atoms with Gasteiger partial charge in [-0.25, -0.2) is 0 Å². The van der Waals surface area contributed by atoms with E-state index in [0.717, 1.165) is 17.2 Å². The molecule has 3 aromatic rings. The molecule has 3 heteroatoms. The Kier molecular flexibility index (Phi) is 3.36. The number of para-hydroxylation sites is 1. The van der Waals surface area contributed by atoms with Crippen LogP contribution in [0.5, 0.6) is 0 Å². The van der Waals surface area contributed by atoms with Crippen molar-refractivity contribution in [3.8, 4) is 0 Å². The highest BCUT2D eigenvalue weighted by molar-refractivity contribution is 6.06. The molecular weight excluding hydrogens is 308 g/mol. The third-order valence-electron chi connectivity index (χ3n) is 6.60. The first-order valence-electron chi connectivity index (χ1n) is 9.55. The molecule has 1 aliphatic carbocycles. The Hall–Kier alpha value is -2.00. The molecule has 2 saturated heterocycles. The Morgan fingerprint density at radius 3 is 2.44 bits per heavy atom. The lowest BCUT2D eigenvalue weighted by Gasteiger charge is -2.39. The average molecular weight is 334 g/mol. The van der Waals surface area contributed by atoms with Crippen LogP contribution in [0.4, 0.5) is 5.69 Å². The molecule has 130 valence electrons.